The highest BCUT2D eigenvalue weighted by Gasteiger charge is 2.06. The third-order valence-electron chi connectivity index (χ3n) is 1.45. The highest BCUT2D eigenvalue weighted by atomic mass is 16.2. The van der Waals surface area contributed by atoms with Crippen LogP contribution in [0.3, 0.4) is 0 Å². The summed E-state index contributed by atoms with van der Waals surface area (Å²) in [6.45, 7) is 0. The van der Waals surface area contributed by atoms with Gasteiger partial charge in [-0.2, -0.15) is 0 Å². The fraction of sp³-hybridized carbons (Fsp3) is 0. The van der Waals surface area contributed by atoms with E-state index in [0.29, 0.717) is 0 Å². The number of hydrogen-bond donors (Lipinski definition) is 1. The Morgan fingerprint density at radius 2 is 2.07 bits per heavy atom. The van der Waals surface area contributed by atoms with E-state index in [1.165, 1.54) is 35.9 Å². The molecule has 0 aromatic carbocycles. The molecule has 0 bridgehead atoms. The zero-order chi connectivity index (χ0) is 9.80. The normalized spacial score (nSPS) is 9.71. The molecule has 0 fully saturated rings. The van der Waals surface area contributed by atoms with Gasteiger partial charge in [0.2, 0.25) is 0 Å². The second-order valence-electron chi connectivity index (χ2n) is 2.40. The zero-order valence-electron chi connectivity index (χ0n) is 7.03. The highest BCUT2D eigenvalue weighted by Crippen LogP contribution is 1.90. The van der Waals surface area contributed by atoms with Crippen LogP contribution in [0, 0.1) is 0 Å². The van der Waals surface area contributed by atoms with Crippen molar-refractivity contribution in [3.63, 3.8) is 0 Å². The van der Waals surface area contributed by atoms with Gasteiger partial charge in [0.25, 0.3) is 5.91 Å². The van der Waals surface area contributed by atoms with E-state index < -0.39 is 0 Å². The van der Waals surface area contributed by atoms with Crippen molar-refractivity contribution in [1.29, 1.82) is 0 Å². The number of nitrogens with zero attached hydrogens (tertiary/aromatic N) is 5. The number of nitrogens with one attached hydrogen (secondary N) is 1. The Morgan fingerprint density at radius 1 is 1.29 bits per heavy atom. The summed E-state index contributed by atoms with van der Waals surface area (Å²) in [5.74, 6) is -0.363. The summed E-state index contributed by atoms with van der Waals surface area (Å²) < 4.78 is 1.33. The summed E-state index contributed by atoms with van der Waals surface area (Å²) in [4.78, 5) is 19.0. The number of rotatable bonds is 2. The van der Waals surface area contributed by atoms with Gasteiger partial charge in [-0.05, 0) is 0 Å². The van der Waals surface area contributed by atoms with Gasteiger partial charge in [0.1, 0.15) is 18.3 Å². The van der Waals surface area contributed by atoms with Crippen molar-refractivity contribution in [2.24, 2.45) is 0 Å². The van der Waals surface area contributed by atoms with Crippen molar-refractivity contribution in [2.45, 2.75) is 0 Å². The van der Waals surface area contributed by atoms with E-state index in [4.69, 9.17) is 0 Å². The second kappa shape index (κ2) is 3.60. The van der Waals surface area contributed by atoms with Crippen LogP contribution in [-0.4, -0.2) is 30.7 Å². The molecule has 0 atom stereocenters. The maximum absolute atomic E-state index is 11.4. The lowest BCUT2D eigenvalue weighted by Crippen LogP contribution is -2.22. The molecule has 0 radical (unpaired) electrons. The van der Waals surface area contributed by atoms with Crippen molar-refractivity contribution in [2.75, 3.05) is 5.43 Å². The molecule has 7 nitrogen and oxygen atoms in total. The average Bonchev–Trinajstić information content (AvgIpc) is 2.72. The van der Waals surface area contributed by atoms with E-state index >= 15 is 0 Å². The Morgan fingerprint density at radius 3 is 2.71 bits per heavy atom. The zero-order valence-corrected chi connectivity index (χ0v) is 7.03. The molecule has 0 saturated heterocycles. The van der Waals surface area contributed by atoms with Crippen LogP contribution < -0.4 is 5.43 Å². The molecule has 70 valence electrons. The third-order valence-corrected chi connectivity index (χ3v) is 1.45. The number of carbonyl (C=O) groups excluding carboxylic acids is 1. The SMILES string of the molecule is O=C(Nn1cnnc1)c1cnccn1. The van der Waals surface area contributed by atoms with Gasteiger partial charge in [0.15, 0.2) is 0 Å². The average molecular weight is 190 g/mol. The summed E-state index contributed by atoms with van der Waals surface area (Å²) in [6, 6.07) is 0. The fourth-order valence-electron chi connectivity index (χ4n) is 0.849. The van der Waals surface area contributed by atoms with Crippen molar-refractivity contribution in [3.05, 3.63) is 36.9 Å². The Bertz CT molecular complexity index is 411. The quantitative estimate of drug-likeness (QED) is 0.686. The van der Waals surface area contributed by atoms with Gasteiger partial charge in [-0.15, -0.1) is 10.2 Å². The standard InChI is InChI=1S/C7H6N6O/c14-7(6-3-8-1-2-9-6)12-13-4-10-11-5-13/h1-5H,(H,12,14). The molecule has 2 aromatic heterocycles. The Balaban J connectivity index is 2.11. The first-order chi connectivity index (χ1) is 6.86. The molecule has 0 aliphatic rings. The van der Waals surface area contributed by atoms with Crippen LogP contribution in [-0.2, 0) is 0 Å². The van der Waals surface area contributed by atoms with Crippen molar-refractivity contribution < 1.29 is 4.79 Å². The Kier molecular flexibility index (Phi) is 2.14. The lowest BCUT2D eigenvalue weighted by atomic mass is 10.4. The van der Waals surface area contributed by atoms with Crippen molar-refractivity contribution in [3.8, 4) is 0 Å². The van der Waals surface area contributed by atoms with Crippen LogP contribution in [0.2, 0.25) is 0 Å². The largest absolute Gasteiger partial charge is 0.290 e. The van der Waals surface area contributed by atoms with E-state index in [2.05, 4.69) is 25.6 Å². The predicted molar refractivity (Wildman–Crippen MR) is 45.7 cm³/mol. The fourth-order valence-corrected chi connectivity index (χ4v) is 0.849. The molecule has 0 aliphatic carbocycles. The topological polar surface area (TPSA) is 85.6 Å². The van der Waals surface area contributed by atoms with Gasteiger partial charge in [0.05, 0.1) is 6.20 Å². The lowest BCUT2D eigenvalue weighted by molar-refractivity contribution is 0.100. The first kappa shape index (κ1) is 8.30. The van der Waals surface area contributed by atoms with Gasteiger partial charge in [0, 0.05) is 12.4 Å². The van der Waals surface area contributed by atoms with Gasteiger partial charge in [-0.3, -0.25) is 15.2 Å². The maximum Gasteiger partial charge on any atom is 0.290 e. The van der Waals surface area contributed by atoms with Crippen molar-refractivity contribution in [1.82, 2.24) is 24.8 Å². The molecule has 2 rings (SSSR count). The Labute approximate surface area is 78.8 Å². The number of hydrogen-bond acceptors (Lipinski definition) is 5. The van der Waals surface area contributed by atoms with E-state index in [-0.39, 0.29) is 11.6 Å². The monoisotopic (exact) mass is 190 g/mol. The molecule has 0 aliphatic heterocycles. The number of carbonyl (C=O) groups is 1. The van der Waals surface area contributed by atoms with E-state index in [1.807, 2.05) is 0 Å². The minimum atomic E-state index is -0.363. The van der Waals surface area contributed by atoms with Gasteiger partial charge < -0.3 is 0 Å². The summed E-state index contributed by atoms with van der Waals surface area (Å²) in [5, 5.41) is 7.06. The molecular weight excluding hydrogens is 184 g/mol. The lowest BCUT2D eigenvalue weighted by Gasteiger charge is -2.02. The molecule has 2 heterocycles. The van der Waals surface area contributed by atoms with Gasteiger partial charge in [-0.25, -0.2) is 9.66 Å². The summed E-state index contributed by atoms with van der Waals surface area (Å²) in [6.07, 6.45) is 7.05. The molecule has 14 heavy (non-hydrogen) atoms. The van der Waals surface area contributed by atoms with Crippen LogP contribution in [0.1, 0.15) is 10.5 Å². The molecule has 1 N–H and O–H groups in total. The highest BCUT2D eigenvalue weighted by molar-refractivity contribution is 5.97. The minimum Gasteiger partial charge on any atom is -0.266 e. The number of aromatic nitrogens is 5. The number of amides is 1. The summed E-state index contributed by atoms with van der Waals surface area (Å²) >= 11 is 0. The smallest absolute Gasteiger partial charge is 0.266 e. The molecule has 2 aromatic rings. The third kappa shape index (κ3) is 1.71. The van der Waals surface area contributed by atoms with Crippen LogP contribution in [0.25, 0.3) is 0 Å². The molecule has 0 unspecified atom stereocenters. The Hall–Kier alpha value is -2.31. The molecule has 1 amide bonds. The molecule has 0 saturated carbocycles. The van der Waals surface area contributed by atoms with Crippen LogP contribution >= 0.6 is 0 Å². The molecule has 0 spiro atoms. The van der Waals surface area contributed by atoms with Crippen LogP contribution in [0.15, 0.2) is 31.2 Å². The van der Waals surface area contributed by atoms with E-state index in [1.54, 1.807) is 0 Å². The molecular formula is C7H6N6O. The maximum atomic E-state index is 11.4. The van der Waals surface area contributed by atoms with E-state index in [9.17, 15) is 4.79 Å². The second-order valence-corrected chi connectivity index (χ2v) is 2.40. The van der Waals surface area contributed by atoms with E-state index in [0.717, 1.165) is 0 Å². The van der Waals surface area contributed by atoms with Crippen molar-refractivity contribution >= 4 is 5.91 Å². The first-order valence-corrected chi connectivity index (χ1v) is 3.78. The summed E-state index contributed by atoms with van der Waals surface area (Å²) in [7, 11) is 0. The van der Waals surface area contributed by atoms with Crippen LogP contribution in [0.5, 0.6) is 0 Å². The van der Waals surface area contributed by atoms with Crippen LogP contribution in [0.4, 0.5) is 0 Å². The van der Waals surface area contributed by atoms with Gasteiger partial charge >= 0.3 is 0 Å². The summed E-state index contributed by atoms with van der Waals surface area (Å²) in [5.41, 5.74) is 2.73. The minimum absolute atomic E-state index is 0.237. The first-order valence-electron chi connectivity index (χ1n) is 3.78. The molecule has 7 heteroatoms. The van der Waals surface area contributed by atoms with Gasteiger partial charge in [-0.1, -0.05) is 0 Å². The predicted octanol–water partition coefficient (Wildman–Crippen LogP) is -0.548.